The molecule has 0 atom stereocenters. The van der Waals surface area contributed by atoms with E-state index in [9.17, 15) is 18.0 Å². The molecule has 1 N–H and O–H groups in total. The number of amides is 1. The summed E-state index contributed by atoms with van der Waals surface area (Å²) in [5.74, 6) is 0.294. The average Bonchev–Trinajstić information content (AvgIpc) is 3.34. The quantitative estimate of drug-likeness (QED) is 0.643. The van der Waals surface area contributed by atoms with Crippen LogP contribution in [0.25, 0.3) is 17.0 Å². The minimum Gasteiger partial charge on any atom is -0.353 e. The van der Waals surface area contributed by atoms with Gasteiger partial charge in [0.25, 0.3) is 0 Å². The van der Waals surface area contributed by atoms with Crippen molar-refractivity contribution in [2.45, 2.75) is 19.1 Å². The zero-order valence-corrected chi connectivity index (χ0v) is 16.5. The molecule has 2 saturated heterocycles. The van der Waals surface area contributed by atoms with Gasteiger partial charge in [-0.2, -0.15) is 13.2 Å². The van der Waals surface area contributed by atoms with Crippen LogP contribution in [0.1, 0.15) is 12.1 Å². The van der Waals surface area contributed by atoms with Gasteiger partial charge in [-0.1, -0.05) is 5.21 Å². The maximum absolute atomic E-state index is 13.5. The van der Waals surface area contributed by atoms with Crippen LogP contribution in [0.5, 0.6) is 0 Å². The Morgan fingerprint density at radius 1 is 1.10 bits per heavy atom. The molecule has 10 nitrogen and oxygen atoms in total. The van der Waals surface area contributed by atoms with Gasteiger partial charge >= 0.3 is 6.18 Å². The third-order valence-corrected chi connectivity index (χ3v) is 5.49. The van der Waals surface area contributed by atoms with Crippen LogP contribution < -0.4 is 10.2 Å². The first-order valence-electron chi connectivity index (χ1n) is 9.99. The van der Waals surface area contributed by atoms with Crippen molar-refractivity contribution in [2.75, 3.05) is 44.2 Å². The molecule has 13 heteroatoms. The van der Waals surface area contributed by atoms with E-state index in [4.69, 9.17) is 0 Å². The minimum absolute atomic E-state index is 0.00705. The van der Waals surface area contributed by atoms with Crippen LogP contribution in [0.15, 0.2) is 18.6 Å². The van der Waals surface area contributed by atoms with Crippen LogP contribution in [0, 0.1) is 0 Å². The lowest BCUT2D eigenvalue weighted by molar-refractivity contribution is -0.141. The monoisotopic (exact) mass is 435 g/mol. The second-order valence-corrected chi connectivity index (χ2v) is 7.56. The Labute approximate surface area is 174 Å². The van der Waals surface area contributed by atoms with Crippen molar-refractivity contribution >= 4 is 17.4 Å². The number of nitrogens with zero attached hydrogens (tertiary/aromatic N) is 8. The van der Waals surface area contributed by atoms with Crippen molar-refractivity contribution in [1.29, 1.82) is 0 Å². The maximum atomic E-state index is 13.5. The molecule has 2 aliphatic rings. The Morgan fingerprint density at radius 2 is 1.87 bits per heavy atom. The molecule has 0 aromatic carbocycles. The molecule has 31 heavy (non-hydrogen) atoms. The second kappa shape index (κ2) is 7.48. The molecule has 3 aromatic rings. The fraction of sp³-hybridized carbons (Fsp3) is 0.500. The normalized spacial score (nSPS) is 17.3. The molecular weight excluding hydrogens is 415 g/mol. The molecule has 0 bridgehead atoms. The molecule has 164 valence electrons. The van der Waals surface area contributed by atoms with Crippen molar-refractivity contribution in [1.82, 2.24) is 39.6 Å². The van der Waals surface area contributed by atoms with E-state index >= 15 is 0 Å². The van der Waals surface area contributed by atoms with Crippen molar-refractivity contribution < 1.29 is 18.0 Å². The highest BCUT2D eigenvalue weighted by Gasteiger charge is 2.36. The Kier molecular flexibility index (Phi) is 4.76. The fourth-order valence-corrected chi connectivity index (χ4v) is 3.69. The number of fused-ring (bicyclic) bond motifs is 1. The van der Waals surface area contributed by atoms with Crippen molar-refractivity contribution in [2.24, 2.45) is 0 Å². The molecule has 1 amide bonds. The van der Waals surface area contributed by atoms with E-state index in [1.165, 1.54) is 17.1 Å². The molecule has 0 aliphatic carbocycles. The van der Waals surface area contributed by atoms with Gasteiger partial charge in [-0.15, -0.1) is 5.10 Å². The summed E-state index contributed by atoms with van der Waals surface area (Å²) in [6.45, 7) is 4.14. The molecule has 3 aromatic heterocycles. The summed E-state index contributed by atoms with van der Waals surface area (Å²) in [4.78, 5) is 24.6. The van der Waals surface area contributed by atoms with Crippen LogP contribution in [-0.2, 0) is 17.5 Å². The van der Waals surface area contributed by atoms with E-state index < -0.39 is 11.9 Å². The van der Waals surface area contributed by atoms with Gasteiger partial charge in [0, 0.05) is 45.5 Å². The predicted molar refractivity (Wildman–Crippen MR) is 103 cm³/mol. The summed E-state index contributed by atoms with van der Waals surface area (Å²) in [6, 6.07) is 0. The highest BCUT2D eigenvalue weighted by atomic mass is 19.4. The summed E-state index contributed by atoms with van der Waals surface area (Å²) >= 11 is 0. The number of anilines is 1. The van der Waals surface area contributed by atoms with E-state index in [-0.39, 0.29) is 23.8 Å². The van der Waals surface area contributed by atoms with Gasteiger partial charge in [0.15, 0.2) is 11.5 Å². The topological polar surface area (TPSA) is 96.5 Å². The number of alkyl halides is 3. The number of piperazine rings is 1. The minimum atomic E-state index is -4.56. The van der Waals surface area contributed by atoms with Gasteiger partial charge in [0.1, 0.15) is 23.6 Å². The number of halogens is 3. The predicted octanol–water partition coefficient (Wildman–Crippen LogP) is 0.648. The summed E-state index contributed by atoms with van der Waals surface area (Å²) in [7, 11) is 0. The van der Waals surface area contributed by atoms with Crippen LogP contribution in [0.3, 0.4) is 0 Å². The van der Waals surface area contributed by atoms with E-state index in [0.29, 0.717) is 37.7 Å². The number of imidazole rings is 1. The molecule has 0 unspecified atom stereocenters. The molecule has 5 heterocycles. The number of hydrogen-bond acceptors (Lipinski definition) is 7. The van der Waals surface area contributed by atoms with Gasteiger partial charge in [-0.05, 0) is 6.42 Å². The summed E-state index contributed by atoms with van der Waals surface area (Å²) in [6.07, 6.45) is -0.0147. The fourth-order valence-electron chi connectivity index (χ4n) is 3.69. The smallest absolute Gasteiger partial charge is 0.353 e. The molecule has 2 aliphatic heterocycles. The van der Waals surface area contributed by atoms with Crippen molar-refractivity contribution in [3.63, 3.8) is 0 Å². The van der Waals surface area contributed by atoms with Crippen molar-refractivity contribution in [3.05, 3.63) is 24.3 Å². The van der Waals surface area contributed by atoms with E-state index in [0.717, 1.165) is 30.1 Å². The Balaban J connectivity index is 1.48. The molecule has 0 spiro atoms. The molecule has 0 saturated carbocycles. The SMILES string of the molecule is O=C(Cn1cc(-c2cn3c(C(F)(F)F)cnc3c(N3CCC3)n2)nn1)N1CCNCC1. The van der Waals surface area contributed by atoms with Gasteiger partial charge in [-0.25, -0.2) is 14.6 Å². The first-order chi connectivity index (χ1) is 14.9. The Bertz CT molecular complexity index is 1110. The average molecular weight is 435 g/mol. The Morgan fingerprint density at radius 3 is 2.55 bits per heavy atom. The molecule has 5 rings (SSSR count). The lowest BCUT2D eigenvalue weighted by atomic mass is 10.2. The second-order valence-electron chi connectivity index (χ2n) is 7.56. The van der Waals surface area contributed by atoms with Crippen LogP contribution in [-0.4, -0.2) is 79.4 Å². The lowest BCUT2D eigenvalue weighted by Gasteiger charge is -2.32. The Hall–Kier alpha value is -3.22. The number of carbonyl (C=O) groups excluding carboxylic acids is 1. The van der Waals surface area contributed by atoms with Gasteiger partial charge < -0.3 is 15.1 Å². The maximum Gasteiger partial charge on any atom is 0.433 e. The standard InChI is InChI=1S/C18H20F3N9O/c19-18(20,21)14-8-23-16-17(28-4-1-5-28)24-12(10-30(14)16)13-9-29(26-25-13)11-15(31)27-6-2-22-3-7-27/h8-10,22H,1-7,11H2. The van der Waals surface area contributed by atoms with Crippen LogP contribution in [0.2, 0.25) is 0 Å². The zero-order chi connectivity index (χ0) is 21.6. The highest BCUT2D eigenvalue weighted by Crippen LogP contribution is 2.34. The molecule has 0 radical (unpaired) electrons. The van der Waals surface area contributed by atoms with E-state index in [2.05, 4.69) is 25.6 Å². The van der Waals surface area contributed by atoms with Gasteiger partial charge in [0.05, 0.1) is 12.4 Å². The molecular formula is C18H20F3N9O. The van der Waals surface area contributed by atoms with E-state index in [1.807, 2.05) is 4.90 Å². The third-order valence-electron chi connectivity index (χ3n) is 5.49. The third kappa shape index (κ3) is 3.69. The number of carbonyl (C=O) groups is 1. The largest absolute Gasteiger partial charge is 0.433 e. The first-order valence-corrected chi connectivity index (χ1v) is 9.99. The summed E-state index contributed by atoms with van der Waals surface area (Å²) in [5.41, 5.74) is -0.205. The number of rotatable bonds is 4. The first kappa shape index (κ1) is 19.7. The van der Waals surface area contributed by atoms with Crippen LogP contribution in [0.4, 0.5) is 19.0 Å². The lowest BCUT2D eigenvalue weighted by Crippen LogP contribution is -2.47. The van der Waals surface area contributed by atoms with Crippen molar-refractivity contribution in [3.8, 4) is 11.4 Å². The molecule has 2 fully saturated rings. The van der Waals surface area contributed by atoms with Gasteiger partial charge in [0.2, 0.25) is 5.91 Å². The highest BCUT2D eigenvalue weighted by molar-refractivity contribution is 5.76. The van der Waals surface area contributed by atoms with Crippen LogP contribution >= 0.6 is 0 Å². The summed E-state index contributed by atoms with van der Waals surface area (Å²) in [5, 5.41) is 11.2. The number of hydrogen-bond donors (Lipinski definition) is 1. The number of nitrogens with one attached hydrogen (secondary N) is 1. The summed E-state index contributed by atoms with van der Waals surface area (Å²) < 4.78 is 42.8. The van der Waals surface area contributed by atoms with Gasteiger partial charge in [-0.3, -0.25) is 9.20 Å². The number of aromatic nitrogens is 6. The zero-order valence-electron chi connectivity index (χ0n) is 16.5. The van der Waals surface area contributed by atoms with E-state index in [1.54, 1.807) is 4.90 Å².